The molecule has 6 heteroatoms. The van der Waals surface area contributed by atoms with E-state index in [0.717, 1.165) is 17.0 Å². The minimum absolute atomic E-state index is 0.244. The lowest BCUT2D eigenvalue weighted by Gasteiger charge is -2.19. The molecule has 0 aromatic carbocycles. The molecule has 1 aliphatic heterocycles. The number of rotatable bonds is 2. The van der Waals surface area contributed by atoms with Crippen molar-refractivity contribution >= 4 is 15.5 Å². The zero-order valence-corrected chi connectivity index (χ0v) is 11.4. The summed E-state index contributed by atoms with van der Waals surface area (Å²) in [7, 11) is -2.82. The van der Waals surface area contributed by atoms with Crippen LogP contribution in [0.4, 0.5) is 0 Å². The molecule has 0 unspecified atom stereocenters. The van der Waals surface area contributed by atoms with Crippen LogP contribution in [0.3, 0.4) is 0 Å². The van der Waals surface area contributed by atoms with Crippen LogP contribution >= 0.6 is 0 Å². The summed E-state index contributed by atoms with van der Waals surface area (Å²) in [5, 5.41) is 0. The van der Waals surface area contributed by atoms with E-state index >= 15 is 0 Å². The number of pyridine rings is 1. The molecule has 0 aliphatic carbocycles. The minimum atomic E-state index is -2.82. The van der Waals surface area contributed by atoms with E-state index in [9.17, 15) is 8.42 Å². The molecule has 1 aliphatic rings. The molecule has 0 bridgehead atoms. The van der Waals surface area contributed by atoms with Gasteiger partial charge in [-0.05, 0) is 25.0 Å². The van der Waals surface area contributed by atoms with Crippen LogP contribution in [0.2, 0.25) is 0 Å². The highest BCUT2D eigenvalue weighted by Crippen LogP contribution is 2.28. The van der Waals surface area contributed by atoms with Gasteiger partial charge in [0.05, 0.1) is 17.2 Å². The quantitative estimate of drug-likeness (QED) is 0.892. The highest BCUT2D eigenvalue weighted by Gasteiger charge is 2.26. The molecule has 0 spiro atoms. The van der Waals surface area contributed by atoms with Gasteiger partial charge >= 0.3 is 0 Å². The third-order valence-electron chi connectivity index (χ3n) is 3.78. The first-order valence-electron chi connectivity index (χ1n) is 6.46. The van der Waals surface area contributed by atoms with Crippen molar-refractivity contribution in [1.29, 1.82) is 0 Å². The van der Waals surface area contributed by atoms with E-state index in [1.54, 1.807) is 0 Å². The Balaban J connectivity index is 1.94. The van der Waals surface area contributed by atoms with Gasteiger partial charge in [-0.1, -0.05) is 6.07 Å². The second-order valence-corrected chi connectivity index (χ2v) is 7.34. The molecule has 0 atom stereocenters. The lowest BCUT2D eigenvalue weighted by molar-refractivity contribution is 0.545. The minimum Gasteiger partial charge on any atom is -0.325 e. The first-order valence-corrected chi connectivity index (χ1v) is 8.28. The van der Waals surface area contributed by atoms with Crippen molar-refractivity contribution in [2.75, 3.05) is 11.5 Å². The zero-order chi connectivity index (χ0) is 13.5. The average Bonchev–Trinajstić information content (AvgIpc) is 2.82. The van der Waals surface area contributed by atoms with E-state index in [2.05, 4.69) is 4.98 Å². The molecule has 0 saturated carbocycles. The van der Waals surface area contributed by atoms with Crippen LogP contribution in [0.25, 0.3) is 5.65 Å². The Bertz CT molecular complexity index is 692. The van der Waals surface area contributed by atoms with Crippen molar-refractivity contribution in [3.63, 3.8) is 0 Å². The van der Waals surface area contributed by atoms with Crippen LogP contribution in [0.15, 0.2) is 24.4 Å². The number of nitrogens with two attached hydrogens (primary N) is 1. The lowest BCUT2D eigenvalue weighted by Crippen LogP contribution is -2.22. The number of nitrogens with zero attached hydrogens (tertiary/aromatic N) is 2. The van der Waals surface area contributed by atoms with Crippen LogP contribution in [0.1, 0.15) is 30.1 Å². The van der Waals surface area contributed by atoms with Gasteiger partial charge in [-0.15, -0.1) is 0 Å². The highest BCUT2D eigenvalue weighted by atomic mass is 32.2. The van der Waals surface area contributed by atoms with Crippen LogP contribution in [0, 0.1) is 0 Å². The molecule has 3 heterocycles. The molecule has 0 radical (unpaired) electrons. The summed E-state index contributed by atoms with van der Waals surface area (Å²) >= 11 is 0. The Kier molecular flexibility index (Phi) is 3.06. The van der Waals surface area contributed by atoms with Crippen LogP contribution < -0.4 is 5.73 Å². The van der Waals surface area contributed by atoms with Crippen molar-refractivity contribution in [3.05, 3.63) is 35.8 Å². The molecule has 2 N–H and O–H groups in total. The summed E-state index contributed by atoms with van der Waals surface area (Å²) in [5.41, 5.74) is 8.59. The molecule has 1 fully saturated rings. The summed E-state index contributed by atoms with van der Waals surface area (Å²) in [5.74, 6) is 0.791. The predicted octanol–water partition coefficient (Wildman–Crippen LogP) is 1.09. The van der Waals surface area contributed by atoms with Crippen LogP contribution in [0.5, 0.6) is 0 Å². The second kappa shape index (κ2) is 4.61. The highest BCUT2D eigenvalue weighted by molar-refractivity contribution is 7.91. The standard InChI is InChI=1S/C13H17N3O2S/c14-8-11-2-1-3-13-15-12(9-16(11)13)10-4-6-19(17,18)7-5-10/h1-3,9-10H,4-8,14H2. The van der Waals surface area contributed by atoms with Gasteiger partial charge in [0.1, 0.15) is 15.5 Å². The molecule has 3 rings (SSSR count). The van der Waals surface area contributed by atoms with Gasteiger partial charge < -0.3 is 10.1 Å². The van der Waals surface area contributed by atoms with E-state index in [-0.39, 0.29) is 17.4 Å². The smallest absolute Gasteiger partial charge is 0.150 e. The molecule has 102 valence electrons. The van der Waals surface area contributed by atoms with E-state index in [4.69, 9.17) is 5.73 Å². The van der Waals surface area contributed by atoms with E-state index < -0.39 is 9.84 Å². The van der Waals surface area contributed by atoms with E-state index in [1.807, 2.05) is 28.8 Å². The Morgan fingerprint density at radius 3 is 2.74 bits per heavy atom. The summed E-state index contributed by atoms with van der Waals surface area (Å²) in [6.07, 6.45) is 3.34. The summed E-state index contributed by atoms with van der Waals surface area (Å²) < 4.78 is 24.9. The predicted molar refractivity (Wildman–Crippen MR) is 73.7 cm³/mol. The SMILES string of the molecule is NCc1cccc2nc(C3CCS(=O)(=O)CC3)cn12. The van der Waals surface area contributed by atoms with Crippen molar-refractivity contribution in [2.45, 2.75) is 25.3 Å². The van der Waals surface area contributed by atoms with Crippen molar-refractivity contribution in [3.8, 4) is 0 Å². The average molecular weight is 279 g/mol. The molecule has 0 amide bonds. The Hall–Kier alpha value is -1.40. The second-order valence-electron chi connectivity index (χ2n) is 5.04. The molecule has 19 heavy (non-hydrogen) atoms. The number of imidazole rings is 1. The first-order chi connectivity index (χ1) is 9.09. The number of aromatic nitrogens is 2. The largest absolute Gasteiger partial charge is 0.325 e. The molecular weight excluding hydrogens is 262 g/mol. The maximum atomic E-state index is 11.5. The summed E-state index contributed by atoms with van der Waals surface area (Å²) in [6, 6.07) is 5.87. The number of fused-ring (bicyclic) bond motifs is 1. The van der Waals surface area contributed by atoms with Gasteiger partial charge in [0.2, 0.25) is 0 Å². The fourth-order valence-corrected chi connectivity index (χ4v) is 4.13. The van der Waals surface area contributed by atoms with Gasteiger partial charge in [-0.2, -0.15) is 0 Å². The number of hydrogen-bond donors (Lipinski definition) is 1. The fraction of sp³-hybridized carbons (Fsp3) is 0.462. The maximum Gasteiger partial charge on any atom is 0.150 e. The van der Waals surface area contributed by atoms with Gasteiger partial charge in [-0.25, -0.2) is 13.4 Å². The van der Waals surface area contributed by atoms with Crippen molar-refractivity contribution in [1.82, 2.24) is 9.38 Å². The monoisotopic (exact) mass is 279 g/mol. The van der Waals surface area contributed by atoms with Gasteiger partial charge in [-0.3, -0.25) is 0 Å². The Labute approximate surface area is 112 Å². The van der Waals surface area contributed by atoms with Crippen molar-refractivity contribution in [2.24, 2.45) is 5.73 Å². The third kappa shape index (κ3) is 2.37. The topological polar surface area (TPSA) is 77.5 Å². The van der Waals surface area contributed by atoms with Gasteiger partial charge in [0.15, 0.2) is 0 Å². The molecule has 2 aromatic rings. The summed E-state index contributed by atoms with van der Waals surface area (Å²) in [4.78, 5) is 4.61. The molecule has 2 aromatic heterocycles. The lowest BCUT2D eigenvalue weighted by atomic mass is 10.00. The third-order valence-corrected chi connectivity index (χ3v) is 5.49. The summed E-state index contributed by atoms with van der Waals surface area (Å²) in [6.45, 7) is 0.464. The molecular formula is C13H17N3O2S. The van der Waals surface area contributed by atoms with Crippen molar-refractivity contribution < 1.29 is 8.42 Å². The maximum absolute atomic E-state index is 11.5. The van der Waals surface area contributed by atoms with E-state index in [0.29, 0.717) is 19.4 Å². The van der Waals surface area contributed by atoms with Crippen LogP contribution in [-0.2, 0) is 16.4 Å². The normalized spacial score (nSPS) is 19.8. The van der Waals surface area contributed by atoms with Gasteiger partial charge in [0.25, 0.3) is 0 Å². The zero-order valence-electron chi connectivity index (χ0n) is 10.6. The Morgan fingerprint density at radius 2 is 2.05 bits per heavy atom. The van der Waals surface area contributed by atoms with E-state index in [1.165, 1.54) is 0 Å². The first kappa shape index (κ1) is 12.6. The fourth-order valence-electron chi connectivity index (χ4n) is 2.64. The Morgan fingerprint density at radius 1 is 1.32 bits per heavy atom. The number of sulfone groups is 1. The molecule has 1 saturated heterocycles. The number of hydrogen-bond acceptors (Lipinski definition) is 4. The van der Waals surface area contributed by atoms with Crippen LogP contribution in [-0.4, -0.2) is 29.3 Å². The van der Waals surface area contributed by atoms with Gasteiger partial charge in [0, 0.05) is 24.4 Å². The molecule has 5 nitrogen and oxygen atoms in total.